The molecule has 3 rings (SSSR count). The first-order valence-corrected chi connectivity index (χ1v) is 7.49. The van der Waals surface area contributed by atoms with E-state index in [1.165, 1.54) is 0 Å². The summed E-state index contributed by atoms with van der Waals surface area (Å²) < 4.78 is 0. The minimum Gasteiger partial charge on any atom is -0.357 e. The second kappa shape index (κ2) is 5.35. The van der Waals surface area contributed by atoms with Gasteiger partial charge in [-0.3, -0.25) is 9.78 Å². The minimum absolute atomic E-state index is 0.0518. The molecule has 0 bridgehead atoms. The standard InChI is InChI=1S/C17H21N3O/c1-10(2)8-13-9-14-15(17(21)19-13)11(3)16(20-14)12-4-6-18-7-5-12/h4-7,10,13,20H,8-9H2,1-3H3,(H,19,21). The van der Waals surface area contributed by atoms with Crippen LogP contribution in [0.15, 0.2) is 24.5 Å². The highest BCUT2D eigenvalue weighted by Gasteiger charge is 2.29. The second-order valence-corrected chi connectivity index (χ2v) is 6.22. The van der Waals surface area contributed by atoms with Crippen LogP contribution in [0.5, 0.6) is 0 Å². The average molecular weight is 283 g/mol. The summed E-state index contributed by atoms with van der Waals surface area (Å²) in [5, 5.41) is 3.14. The van der Waals surface area contributed by atoms with Crippen molar-refractivity contribution in [3.05, 3.63) is 41.3 Å². The molecule has 1 amide bonds. The van der Waals surface area contributed by atoms with E-state index in [4.69, 9.17) is 0 Å². The van der Waals surface area contributed by atoms with Crippen LogP contribution >= 0.6 is 0 Å². The molecule has 4 nitrogen and oxygen atoms in total. The van der Waals surface area contributed by atoms with Gasteiger partial charge in [-0.15, -0.1) is 0 Å². The number of nitrogens with zero attached hydrogens (tertiary/aromatic N) is 1. The predicted molar refractivity (Wildman–Crippen MR) is 83.2 cm³/mol. The summed E-state index contributed by atoms with van der Waals surface area (Å²) in [5.41, 5.74) is 5.01. The summed E-state index contributed by atoms with van der Waals surface area (Å²) >= 11 is 0. The van der Waals surface area contributed by atoms with E-state index < -0.39 is 0 Å². The van der Waals surface area contributed by atoms with Crippen molar-refractivity contribution in [2.24, 2.45) is 5.92 Å². The Balaban J connectivity index is 1.98. The van der Waals surface area contributed by atoms with Gasteiger partial charge in [0.25, 0.3) is 5.91 Å². The zero-order valence-corrected chi connectivity index (χ0v) is 12.7. The molecule has 4 heteroatoms. The van der Waals surface area contributed by atoms with Crippen LogP contribution in [-0.2, 0) is 6.42 Å². The van der Waals surface area contributed by atoms with Crippen LogP contribution in [0.25, 0.3) is 11.3 Å². The van der Waals surface area contributed by atoms with Gasteiger partial charge in [-0.05, 0) is 37.0 Å². The first kappa shape index (κ1) is 13.9. The zero-order valence-electron chi connectivity index (χ0n) is 12.7. The maximum absolute atomic E-state index is 12.4. The lowest BCUT2D eigenvalue weighted by Crippen LogP contribution is -2.42. The number of pyridine rings is 1. The van der Waals surface area contributed by atoms with Crippen molar-refractivity contribution in [1.29, 1.82) is 0 Å². The van der Waals surface area contributed by atoms with Crippen molar-refractivity contribution in [2.75, 3.05) is 0 Å². The Morgan fingerprint density at radius 3 is 2.71 bits per heavy atom. The normalized spacial score (nSPS) is 17.7. The molecule has 1 aliphatic rings. The number of amides is 1. The Morgan fingerprint density at radius 1 is 1.33 bits per heavy atom. The number of nitrogens with one attached hydrogen (secondary N) is 2. The molecular weight excluding hydrogens is 262 g/mol. The van der Waals surface area contributed by atoms with Gasteiger partial charge in [0.1, 0.15) is 0 Å². The topological polar surface area (TPSA) is 57.8 Å². The molecular formula is C17H21N3O. The van der Waals surface area contributed by atoms with Crippen LogP contribution < -0.4 is 5.32 Å². The third kappa shape index (κ3) is 2.58. The van der Waals surface area contributed by atoms with E-state index in [9.17, 15) is 4.79 Å². The summed E-state index contributed by atoms with van der Waals surface area (Å²) in [7, 11) is 0. The van der Waals surface area contributed by atoms with Crippen LogP contribution in [0.1, 0.15) is 41.9 Å². The Morgan fingerprint density at radius 2 is 2.05 bits per heavy atom. The van der Waals surface area contributed by atoms with Gasteiger partial charge in [-0.1, -0.05) is 13.8 Å². The van der Waals surface area contributed by atoms with Crippen LogP contribution in [-0.4, -0.2) is 21.9 Å². The Hall–Kier alpha value is -2.10. The lowest BCUT2D eigenvalue weighted by atomic mass is 9.93. The molecule has 0 saturated carbocycles. The minimum atomic E-state index is 0.0518. The maximum atomic E-state index is 12.4. The molecule has 2 N–H and O–H groups in total. The Labute approximate surface area is 125 Å². The zero-order chi connectivity index (χ0) is 15.0. The number of carbonyl (C=O) groups excluding carboxylic acids is 1. The predicted octanol–water partition coefficient (Wildman–Crippen LogP) is 3.09. The number of H-pyrrole nitrogens is 1. The van der Waals surface area contributed by atoms with E-state index in [1.54, 1.807) is 12.4 Å². The summed E-state index contributed by atoms with van der Waals surface area (Å²) in [6.45, 7) is 6.38. The highest BCUT2D eigenvalue weighted by Crippen LogP contribution is 2.30. The van der Waals surface area contributed by atoms with E-state index in [2.05, 4.69) is 29.1 Å². The summed E-state index contributed by atoms with van der Waals surface area (Å²) in [6, 6.07) is 4.16. The maximum Gasteiger partial charge on any atom is 0.253 e. The number of aromatic amines is 1. The molecule has 0 aromatic carbocycles. The molecule has 0 aliphatic carbocycles. The van der Waals surface area contributed by atoms with Crippen LogP contribution in [0.3, 0.4) is 0 Å². The van der Waals surface area contributed by atoms with Gasteiger partial charge in [0.2, 0.25) is 0 Å². The highest BCUT2D eigenvalue weighted by atomic mass is 16.1. The largest absolute Gasteiger partial charge is 0.357 e. The molecule has 0 radical (unpaired) electrons. The Bertz CT molecular complexity index is 658. The third-order valence-electron chi connectivity index (χ3n) is 4.07. The van der Waals surface area contributed by atoms with E-state index >= 15 is 0 Å². The number of fused-ring (bicyclic) bond motifs is 1. The van der Waals surface area contributed by atoms with Crippen molar-refractivity contribution in [2.45, 2.75) is 39.7 Å². The fourth-order valence-electron chi connectivity index (χ4n) is 3.19. The lowest BCUT2D eigenvalue weighted by molar-refractivity contribution is 0.0919. The first-order chi connectivity index (χ1) is 10.1. The van der Waals surface area contributed by atoms with E-state index in [0.717, 1.165) is 40.9 Å². The van der Waals surface area contributed by atoms with Gasteiger partial charge in [0.05, 0.1) is 5.56 Å². The van der Waals surface area contributed by atoms with Gasteiger partial charge in [-0.25, -0.2) is 0 Å². The number of hydrogen-bond acceptors (Lipinski definition) is 2. The van der Waals surface area contributed by atoms with Crippen molar-refractivity contribution in [1.82, 2.24) is 15.3 Å². The molecule has 21 heavy (non-hydrogen) atoms. The van der Waals surface area contributed by atoms with Gasteiger partial charge in [0, 0.05) is 41.8 Å². The fraction of sp³-hybridized carbons (Fsp3) is 0.412. The molecule has 0 spiro atoms. The van der Waals surface area contributed by atoms with E-state index in [0.29, 0.717) is 5.92 Å². The quantitative estimate of drug-likeness (QED) is 0.909. The van der Waals surface area contributed by atoms with Crippen LogP contribution in [0, 0.1) is 12.8 Å². The molecule has 3 heterocycles. The molecule has 0 fully saturated rings. The van der Waals surface area contributed by atoms with E-state index in [1.807, 2.05) is 19.1 Å². The van der Waals surface area contributed by atoms with Crippen molar-refractivity contribution < 1.29 is 4.79 Å². The highest BCUT2D eigenvalue weighted by molar-refractivity contribution is 6.00. The van der Waals surface area contributed by atoms with Crippen molar-refractivity contribution in [3.63, 3.8) is 0 Å². The molecule has 1 aliphatic heterocycles. The summed E-state index contributed by atoms with van der Waals surface area (Å²) in [5.74, 6) is 0.628. The number of hydrogen-bond donors (Lipinski definition) is 2. The summed E-state index contributed by atoms with van der Waals surface area (Å²) in [6.07, 6.45) is 5.44. The number of rotatable bonds is 3. The van der Waals surface area contributed by atoms with Gasteiger partial charge in [-0.2, -0.15) is 0 Å². The molecule has 1 unspecified atom stereocenters. The first-order valence-electron chi connectivity index (χ1n) is 7.49. The SMILES string of the molecule is Cc1c(-c2ccncc2)[nH]c2c1C(=O)NC(CC(C)C)C2. The molecule has 110 valence electrons. The average Bonchev–Trinajstić information content (AvgIpc) is 2.76. The molecule has 1 atom stereocenters. The van der Waals surface area contributed by atoms with Gasteiger partial charge in [0.15, 0.2) is 0 Å². The summed E-state index contributed by atoms with van der Waals surface area (Å²) in [4.78, 5) is 19.9. The van der Waals surface area contributed by atoms with Crippen molar-refractivity contribution >= 4 is 5.91 Å². The van der Waals surface area contributed by atoms with Crippen LogP contribution in [0.2, 0.25) is 0 Å². The number of aromatic nitrogens is 2. The third-order valence-corrected chi connectivity index (χ3v) is 4.07. The molecule has 0 saturated heterocycles. The Kier molecular flexibility index (Phi) is 3.53. The smallest absolute Gasteiger partial charge is 0.253 e. The van der Waals surface area contributed by atoms with Crippen molar-refractivity contribution in [3.8, 4) is 11.3 Å². The van der Waals surface area contributed by atoms with Crippen LogP contribution in [0.4, 0.5) is 0 Å². The number of carbonyl (C=O) groups is 1. The molecule has 2 aromatic heterocycles. The monoisotopic (exact) mass is 283 g/mol. The lowest BCUT2D eigenvalue weighted by Gasteiger charge is -2.25. The van der Waals surface area contributed by atoms with E-state index in [-0.39, 0.29) is 11.9 Å². The van der Waals surface area contributed by atoms with Gasteiger partial charge < -0.3 is 10.3 Å². The second-order valence-electron chi connectivity index (χ2n) is 6.22. The fourth-order valence-corrected chi connectivity index (χ4v) is 3.19. The van der Waals surface area contributed by atoms with Gasteiger partial charge >= 0.3 is 0 Å². The molecule has 2 aromatic rings.